The van der Waals surface area contributed by atoms with Crippen LogP contribution in [0.1, 0.15) is 40.0 Å². The van der Waals surface area contributed by atoms with Crippen molar-refractivity contribution in [2.75, 3.05) is 6.54 Å². The normalized spacial score (nSPS) is 16.0. The molecule has 29 heavy (non-hydrogen) atoms. The molecule has 0 bridgehead atoms. The molecule has 1 unspecified atom stereocenters. The van der Waals surface area contributed by atoms with E-state index < -0.39 is 0 Å². The molecule has 1 amide bonds. The molecule has 2 N–H and O–H groups in total. The maximum atomic E-state index is 12.6. The van der Waals surface area contributed by atoms with E-state index >= 15 is 0 Å². The summed E-state index contributed by atoms with van der Waals surface area (Å²) >= 11 is 0. The number of hydrogen-bond acceptors (Lipinski definition) is 3. The van der Waals surface area contributed by atoms with Gasteiger partial charge in [-0.15, -0.1) is 0 Å². The number of H-pyrrole nitrogens is 1. The highest BCUT2D eigenvalue weighted by molar-refractivity contribution is 5.94. The Morgan fingerprint density at radius 3 is 2.69 bits per heavy atom. The molecule has 1 atom stereocenters. The number of nitrogens with one attached hydrogen (secondary N) is 2. The molecule has 5 heteroatoms. The lowest BCUT2D eigenvalue weighted by atomic mass is 9.99. The zero-order valence-corrected chi connectivity index (χ0v) is 16.6. The van der Waals surface area contributed by atoms with Crippen molar-refractivity contribution in [1.82, 2.24) is 15.3 Å². The van der Waals surface area contributed by atoms with Crippen molar-refractivity contribution in [3.8, 4) is 11.4 Å². The number of benzene rings is 2. The van der Waals surface area contributed by atoms with Crippen LogP contribution in [0.4, 0.5) is 0 Å². The molecule has 4 rings (SSSR count). The van der Waals surface area contributed by atoms with Gasteiger partial charge in [-0.25, -0.2) is 4.98 Å². The van der Waals surface area contributed by atoms with Crippen LogP contribution < -0.4 is 10.9 Å². The van der Waals surface area contributed by atoms with Crippen LogP contribution >= 0.6 is 0 Å². The van der Waals surface area contributed by atoms with Crippen molar-refractivity contribution in [3.05, 3.63) is 87.3 Å². The largest absolute Gasteiger partial charge is 0.352 e. The average Bonchev–Trinajstić information content (AvgIpc) is 2.95. The van der Waals surface area contributed by atoms with E-state index in [9.17, 15) is 9.59 Å². The molecule has 148 valence electrons. The zero-order valence-electron chi connectivity index (χ0n) is 16.6. The first-order valence-corrected chi connectivity index (χ1v) is 10.1. The van der Waals surface area contributed by atoms with Gasteiger partial charge in [0.25, 0.3) is 11.5 Å². The number of nitrogens with zero attached hydrogens (tertiary/aromatic N) is 1. The maximum Gasteiger partial charge on any atom is 0.254 e. The standard InChI is InChI=1S/C24H25N3O2/c1-16-6-5-9-19(14-16)23(28)25-15-17-10-12-20-21(13-11-17)26-22(27-24(20)29)18-7-3-2-4-8-18/h2-9,14,17H,10-13,15H2,1H3,(H,25,28)(H,26,27,29). The predicted octanol–water partition coefficient (Wildman–Crippen LogP) is 3.67. The van der Waals surface area contributed by atoms with Gasteiger partial charge in [0.2, 0.25) is 0 Å². The second kappa shape index (κ2) is 8.43. The van der Waals surface area contributed by atoms with Crippen molar-refractivity contribution in [3.63, 3.8) is 0 Å². The van der Waals surface area contributed by atoms with Gasteiger partial charge in [-0.2, -0.15) is 0 Å². The highest BCUT2D eigenvalue weighted by atomic mass is 16.1. The highest BCUT2D eigenvalue weighted by Crippen LogP contribution is 2.23. The third-order valence-corrected chi connectivity index (χ3v) is 5.57. The quantitative estimate of drug-likeness (QED) is 0.671. The summed E-state index contributed by atoms with van der Waals surface area (Å²) < 4.78 is 0. The van der Waals surface area contributed by atoms with Crippen LogP contribution in [-0.2, 0) is 12.8 Å². The Kier molecular flexibility index (Phi) is 5.56. The monoisotopic (exact) mass is 387 g/mol. The number of carbonyl (C=O) groups excluding carboxylic acids is 1. The third kappa shape index (κ3) is 4.45. The van der Waals surface area contributed by atoms with Crippen LogP contribution in [0, 0.1) is 12.8 Å². The van der Waals surface area contributed by atoms with Crippen molar-refractivity contribution in [2.24, 2.45) is 5.92 Å². The zero-order chi connectivity index (χ0) is 20.2. The summed E-state index contributed by atoms with van der Waals surface area (Å²) in [4.78, 5) is 32.7. The Morgan fingerprint density at radius 2 is 1.90 bits per heavy atom. The van der Waals surface area contributed by atoms with E-state index in [1.807, 2.05) is 61.5 Å². The summed E-state index contributed by atoms with van der Waals surface area (Å²) in [5.41, 5.74) is 4.31. The Hall–Kier alpha value is -3.21. The van der Waals surface area contributed by atoms with E-state index in [0.717, 1.165) is 41.6 Å². The van der Waals surface area contributed by atoms with E-state index in [4.69, 9.17) is 4.98 Å². The Bertz CT molecular complexity index is 1070. The summed E-state index contributed by atoms with van der Waals surface area (Å²) in [5, 5.41) is 3.06. The number of aromatic nitrogens is 2. The molecule has 1 heterocycles. The van der Waals surface area contributed by atoms with E-state index in [0.29, 0.717) is 30.3 Å². The Balaban J connectivity index is 1.43. The second-order valence-corrected chi connectivity index (χ2v) is 7.73. The van der Waals surface area contributed by atoms with Crippen LogP contribution in [0.3, 0.4) is 0 Å². The highest BCUT2D eigenvalue weighted by Gasteiger charge is 2.21. The van der Waals surface area contributed by atoms with Crippen LogP contribution in [0.15, 0.2) is 59.4 Å². The number of aromatic amines is 1. The molecule has 1 aliphatic rings. The minimum absolute atomic E-state index is 0.0432. The van der Waals surface area contributed by atoms with Gasteiger partial charge in [0, 0.05) is 23.2 Å². The first-order valence-electron chi connectivity index (χ1n) is 10.1. The lowest BCUT2D eigenvalue weighted by Crippen LogP contribution is -2.29. The lowest BCUT2D eigenvalue weighted by Gasteiger charge is -2.14. The lowest BCUT2D eigenvalue weighted by molar-refractivity contribution is 0.0945. The number of carbonyl (C=O) groups is 1. The van der Waals surface area contributed by atoms with Gasteiger partial charge < -0.3 is 10.3 Å². The SMILES string of the molecule is Cc1cccc(C(=O)NCC2CCc3nc(-c4ccccc4)[nH]c(=O)c3CC2)c1. The molecular weight excluding hydrogens is 362 g/mol. The Morgan fingerprint density at radius 1 is 1.10 bits per heavy atom. The molecule has 1 aliphatic carbocycles. The van der Waals surface area contributed by atoms with Gasteiger partial charge in [0.15, 0.2) is 0 Å². The van der Waals surface area contributed by atoms with Gasteiger partial charge in [-0.1, -0.05) is 48.0 Å². The van der Waals surface area contributed by atoms with Gasteiger partial charge in [-0.05, 0) is 50.7 Å². The van der Waals surface area contributed by atoms with Crippen LogP contribution in [0.5, 0.6) is 0 Å². The molecule has 0 saturated heterocycles. The van der Waals surface area contributed by atoms with Crippen molar-refractivity contribution in [2.45, 2.75) is 32.6 Å². The molecule has 0 radical (unpaired) electrons. The Labute approximate surface area is 170 Å². The number of rotatable bonds is 4. The topological polar surface area (TPSA) is 74.8 Å². The van der Waals surface area contributed by atoms with E-state index in [-0.39, 0.29) is 11.5 Å². The summed E-state index contributed by atoms with van der Waals surface area (Å²) in [7, 11) is 0. The molecule has 0 saturated carbocycles. The first kappa shape index (κ1) is 19.1. The molecular formula is C24H25N3O2. The number of hydrogen-bond donors (Lipinski definition) is 2. The van der Waals surface area contributed by atoms with Crippen LogP contribution in [0.2, 0.25) is 0 Å². The summed E-state index contributed by atoms with van der Waals surface area (Å²) in [6, 6.07) is 17.3. The van der Waals surface area contributed by atoms with Gasteiger partial charge in [-0.3, -0.25) is 9.59 Å². The minimum Gasteiger partial charge on any atom is -0.352 e. The number of aryl methyl sites for hydroxylation is 2. The predicted molar refractivity (Wildman–Crippen MR) is 114 cm³/mol. The van der Waals surface area contributed by atoms with Gasteiger partial charge in [0.05, 0.1) is 5.69 Å². The molecule has 5 nitrogen and oxygen atoms in total. The molecule has 0 fully saturated rings. The van der Waals surface area contributed by atoms with Crippen LogP contribution in [-0.4, -0.2) is 22.4 Å². The number of fused-ring (bicyclic) bond motifs is 1. The fourth-order valence-corrected chi connectivity index (χ4v) is 3.90. The fourth-order valence-electron chi connectivity index (χ4n) is 3.90. The average molecular weight is 387 g/mol. The molecule has 0 spiro atoms. The van der Waals surface area contributed by atoms with Crippen LogP contribution in [0.25, 0.3) is 11.4 Å². The molecule has 0 aliphatic heterocycles. The number of amides is 1. The van der Waals surface area contributed by atoms with E-state index in [1.54, 1.807) is 0 Å². The van der Waals surface area contributed by atoms with E-state index in [2.05, 4.69) is 10.3 Å². The summed E-state index contributed by atoms with van der Waals surface area (Å²) in [5.74, 6) is 0.913. The van der Waals surface area contributed by atoms with Crippen molar-refractivity contribution in [1.29, 1.82) is 0 Å². The maximum absolute atomic E-state index is 12.6. The van der Waals surface area contributed by atoms with E-state index in [1.165, 1.54) is 0 Å². The van der Waals surface area contributed by atoms with Gasteiger partial charge in [0.1, 0.15) is 5.82 Å². The fraction of sp³-hybridized carbons (Fsp3) is 0.292. The molecule has 2 aromatic carbocycles. The smallest absolute Gasteiger partial charge is 0.254 e. The summed E-state index contributed by atoms with van der Waals surface area (Å²) in [6.07, 6.45) is 3.23. The molecule has 3 aromatic rings. The first-order chi connectivity index (χ1) is 14.1. The minimum atomic E-state index is -0.0437. The third-order valence-electron chi connectivity index (χ3n) is 5.57. The van der Waals surface area contributed by atoms with Gasteiger partial charge >= 0.3 is 0 Å². The van der Waals surface area contributed by atoms with Crippen molar-refractivity contribution >= 4 is 5.91 Å². The second-order valence-electron chi connectivity index (χ2n) is 7.73. The van der Waals surface area contributed by atoms with Crippen molar-refractivity contribution < 1.29 is 4.79 Å². The summed E-state index contributed by atoms with van der Waals surface area (Å²) in [6.45, 7) is 2.59. The molecule has 1 aromatic heterocycles.